The minimum absolute atomic E-state index is 1.15. The molecule has 3 heterocycles. The second-order valence-corrected chi connectivity index (χ2v) is 21.7. The van der Waals surface area contributed by atoms with Gasteiger partial charge in [-0.2, -0.15) is 0 Å². The van der Waals surface area contributed by atoms with E-state index in [0.717, 1.165) is 11.4 Å². The van der Waals surface area contributed by atoms with Crippen molar-refractivity contribution in [3.05, 3.63) is 243 Å². The maximum atomic E-state index is 2.47. The molecule has 0 saturated heterocycles. The molecule has 64 heavy (non-hydrogen) atoms. The van der Waals surface area contributed by atoms with Crippen LogP contribution in [0.5, 0.6) is 0 Å². The Morgan fingerprint density at radius 1 is 0.281 bits per heavy atom. The molecule has 0 N–H and O–H groups in total. The normalized spacial score (nSPS) is 12.1. The van der Waals surface area contributed by atoms with E-state index >= 15 is 0 Å². The topological polar surface area (TPSA) is 9.86 Å². The van der Waals surface area contributed by atoms with E-state index in [9.17, 15) is 0 Å². The maximum absolute atomic E-state index is 2.66. The summed E-state index contributed by atoms with van der Waals surface area (Å²) in [7, 11) is -2.66. The van der Waals surface area contributed by atoms with Gasteiger partial charge < -0.3 is 9.13 Å². The van der Waals surface area contributed by atoms with Crippen LogP contribution >= 0.6 is 11.3 Å². The van der Waals surface area contributed by atoms with Crippen molar-refractivity contribution in [1.82, 2.24) is 9.13 Å². The Hall–Kier alpha value is -7.76. The molecule has 300 valence electrons. The maximum Gasteiger partial charge on any atom is 0.179 e. The quantitative estimate of drug-likeness (QED) is 0.112. The zero-order valence-electron chi connectivity index (χ0n) is 34.9. The minimum atomic E-state index is -2.66. The molecule has 0 radical (unpaired) electrons. The fourth-order valence-electron chi connectivity index (χ4n) is 10.8. The van der Waals surface area contributed by atoms with Gasteiger partial charge in [0.2, 0.25) is 0 Å². The molecule has 0 unspecified atom stereocenters. The van der Waals surface area contributed by atoms with Crippen molar-refractivity contribution in [2.75, 3.05) is 0 Å². The van der Waals surface area contributed by atoms with E-state index in [-0.39, 0.29) is 0 Å². The van der Waals surface area contributed by atoms with E-state index < -0.39 is 8.07 Å². The molecular formula is C60H40N2SSi. The van der Waals surface area contributed by atoms with Crippen LogP contribution in [0.3, 0.4) is 0 Å². The summed E-state index contributed by atoms with van der Waals surface area (Å²) in [5, 5.41) is 13.1. The van der Waals surface area contributed by atoms with Crippen molar-refractivity contribution in [2.45, 2.75) is 0 Å². The molecule has 0 aliphatic carbocycles. The molecule has 0 fully saturated rings. The monoisotopic (exact) mass is 848 g/mol. The van der Waals surface area contributed by atoms with Gasteiger partial charge in [0, 0.05) is 53.1 Å². The third-order valence-electron chi connectivity index (χ3n) is 13.5. The third-order valence-corrected chi connectivity index (χ3v) is 19.4. The third kappa shape index (κ3) is 5.43. The SMILES string of the molecule is c1ccc([Si](c2ccccc2)(c2ccccc2)c2ccc(-n3c4ccccc4c4cc(-n5c6ccccc6c6c(-c7cccc8sc9ccccc9c78)cccc65)ccc43)cc2)cc1. The van der Waals surface area contributed by atoms with E-state index in [1.54, 1.807) is 0 Å². The summed E-state index contributed by atoms with van der Waals surface area (Å²) in [5.74, 6) is 0. The average Bonchev–Trinajstić information content (AvgIpc) is 4.03. The highest BCUT2D eigenvalue weighted by Gasteiger charge is 2.41. The van der Waals surface area contributed by atoms with Gasteiger partial charge in [0.25, 0.3) is 0 Å². The summed E-state index contributed by atoms with van der Waals surface area (Å²) in [6.07, 6.45) is 0. The van der Waals surface area contributed by atoms with Crippen molar-refractivity contribution in [1.29, 1.82) is 0 Å². The van der Waals surface area contributed by atoms with E-state index in [1.165, 1.54) is 95.7 Å². The molecule has 3 aromatic heterocycles. The predicted octanol–water partition coefficient (Wildman–Crippen LogP) is 13.3. The van der Waals surface area contributed by atoms with Crippen LogP contribution in [0, 0.1) is 0 Å². The standard InChI is InChI=1S/C60H40N2SSi/c1-4-18-43(19-5-1)64(44-20-6-2-7-21-44,45-22-8-3-9-23-45)46-37-34-41(35-38-46)61-53-29-13-10-24-47(53)52-40-42(36-39-55(52)61)62-54-30-14-11-25-50(54)59-48(27-16-31-56(59)62)49-28-17-33-58-60(49)51-26-12-15-32-57(51)63-58/h1-40H. The molecule has 0 aliphatic rings. The number of hydrogen-bond acceptors (Lipinski definition) is 1. The smallest absolute Gasteiger partial charge is 0.179 e. The van der Waals surface area contributed by atoms with Crippen LogP contribution in [-0.4, -0.2) is 17.2 Å². The molecule has 0 atom stereocenters. The first-order valence-electron chi connectivity index (χ1n) is 22.0. The van der Waals surface area contributed by atoms with Crippen LogP contribution < -0.4 is 20.7 Å². The van der Waals surface area contributed by atoms with E-state index in [1.807, 2.05) is 11.3 Å². The molecule has 0 amide bonds. The molecule has 13 aromatic rings. The van der Waals surface area contributed by atoms with Gasteiger partial charge in [0.05, 0.1) is 22.1 Å². The number of hydrogen-bond donors (Lipinski definition) is 0. The predicted molar refractivity (Wildman–Crippen MR) is 277 cm³/mol. The van der Waals surface area contributed by atoms with Gasteiger partial charge in [-0.15, -0.1) is 11.3 Å². The fraction of sp³-hybridized carbons (Fsp3) is 0. The summed E-state index contributed by atoms with van der Waals surface area (Å²) in [4.78, 5) is 0. The minimum Gasteiger partial charge on any atom is -0.309 e. The van der Waals surface area contributed by atoms with Crippen molar-refractivity contribution < 1.29 is 0 Å². The van der Waals surface area contributed by atoms with Gasteiger partial charge in [-0.05, 0) is 92.5 Å². The van der Waals surface area contributed by atoms with E-state index in [2.05, 4.69) is 252 Å². The Balaban J connectivity index is 0.994. The number of aromatic nitrogens is 2. The van der Waals surface area contributed by atoms with Crippen LogP contribution in [0.2, 0.25) is 0 Å². The largest absolute Gasteiger partial charge is 0.309 e. The Morgan fingerprint density at radius 3 is 1.41 bits per heavy atom. The van der Waals surface area contributed by atoms with Crippen LogP contribution in [0.1, 0.15) is 0 Å². The zero-order chi connectivity index (χ0) is 42.2. The van der Waals surface area contributed by atoms with E-state index in [0.29, 0.717) is 0 Å². The first-order valence-corrected chi connectivity index (χ1v) is 24.8. The van der Waals surface area contributed by atoms with Gasteiger partial charge in [0.15, 0.2) is 8.07 Å². The Bertz CT molecular complexity index is 3790. The lowest BCUT2D eigenvalue weighted by Crippen LogP contribution is -2.74. The lowest BCUT2D eigenvalue weighted by molar-refractivity contribution is 1.17. The van der Waals surface area contributed by atoms with Crippen LogP contribution in [-0.2, 0) is 0 Å². The number of benzene rings is 10. The molecule has 0 saturated carbocycles. The molecule has 0 aliphatic heterocycles. The van der Waals surface area contributed by atoms with Crippen LogP contribution in [0.25, 0.3) is 86.3 Å². The highest BCUT2D eigenvalue weighted by atomic mass is 32.1. The number of thiophene rings is 1. The van der Waals surface area contributed by atoms with Crippen LogP contribution in [0.15, 0.2) is 243 Å². The fourth-order valence-corrected chi connectivity index (χ4v) is 16.7. The van der Waals surface area contributed by atoms with Crippen molar-refractivity contribution in [3.8, 4) is 22.5 Å². The van der Waals surface area contributed by atoms with E-state index in [4.69, 9.17) is 0 Å². The van der Waals surface area contributed by atoms with Gasteiger partial charge in [-0.1, -0.05) is 182 Å². The molecule has 13 rings (SSSR count). The molecular weight excluding hydrogens is 809 g/mol. The number of rotatable bonds is 7. The van der Waals surface area contributed by atoms with Gasteiger partial charge >= 0.3 is 0 Å². The summed E-state index contributed by atoms with van der Waals surface area (Å²) in [6, 6.07) is 90.3. The number of fused-ring (bicyclic) bond motifs is 9. The summed E-state index contributed by atoms with van der Waals surface area (Å²) in [5.41, 5.74) is 9.64. The summed E-state index contributed by atoms with van der Waals surface area (Å²) >= 11 is 1.88. The lowest BCUT2D eigenvalue weighted by Gasteiger charge is -2.34. The average molecular weight is 849 g/mol. The number of para-hydroxylation sites is 2. The van der Waals surface area contributed by atoms with Gasteiger partial charge in [0.1, 0.15) is 0 Å². The second kappa shape index (κ2) is 14.7. The van der Waals surface area contributed by atoms with Crippen molar-refractivity contribution >= 4 is 104 Å². The number of nitrogens with zero attached hydrogens (tertiary/aromatic N) is 2. The molecule has 0 spiro atoms. The first kappa shape index (κ1) is 36.9. The zero-order valence-corrected chi connectivity index (χ0v) is 36.7. The summed E-state index contributed by atoms with van der Waals surface area (Å²) in [6.45, 7) is 0. The first-order chi connectivity index (χ1) is 31.8. The molecule has 4 heteroatoms. The Kier molecular flexibility index (Phi) is 8.45. The van der Waals surface area contributed by atoms with Crippen molar-refractivity contribution in [3.63, 3.8) is 0 Å². The molecule has 10 aromatic carbocycles. The van der Waals surface area contributed by atoms with Crippen LogP contribution in [0.4, 0.5) is 0 Å². The Morgan fingerprint density at radius 2 is 0.734 bits per heavy atom. The highest BCUT2D eigenvalue weighted by Crippen LogP contribution is 2.45. The summed E-state index contributed by atoms with van der Waals surface area (Å²) < 4.78 is 7.57. The molecule has 0 bridgehead atoms. The second-order valence-electron chi connectivity index (χ2n) is 16.8. The van der Waals surface area contributed by atoms with Gasteiger partial charge in [-0.25, -0.2) is 0 Å². The van der Waals surface area contributed by atoms with Crippen molar-refractivity contribution in [2.24, 2.45) is 0 Å². The van der Waals surface area contributed by atoms with Gasteiger partial charge in [-0.3, -0.25) is 0 Å². The lowest BCUT2D eigenvalue weighted by atomic mass is 9.95. The Labute approximate surface area is 376 Å². The highest BCUT2D eigenvalue weighted by molar-refractivity contribution is 7.26. The molecule has 2 nitrogen and oxygen atoms in total.